The van der Waals surface area contributed by atoms with E-state index in [1.54, 1.807) is 0 Å². The molecule has 0 saturated carbocycles. The number of benzene rings is 1. The minimum atomic E-state index is 0.330. The van der Waals surface area contributed by atoms with Crippen molar-refractivity contribution in [2.75, 3.05) is 33.4 Å². The van der Waals surface area contributed by atoms with Gasteiger partial charge in [-0.3, -0.25) is 0 Å². The predicted molar refractivity (Wildman–Crippen MR) is 84.0 cm³/mol. The number of hydrogen-bond donors (Lipinski definition) is 1. The van der Waals surface area contributed by atoms with Crippen molar-refractivity contribution in [1.82, 2.24) is 10.2 Å². The highest BCUT2D eigenvalue weighted by molar-refractivity contribution is 5.44. The van der Waals surface area contributed by atoms with Crippen LogP contribution in [0.5, 0.6) is 11.5 Å². The molecule has 1 fully saturated rings. The summed E-state index contributed by atoms with van der Waals surface area (Å²) in [7, 11) is 2.21. The molecule has 2 heterocycles. The van der Waals surface area contributed by atoms with E-state index in [0.29, 0.717) is 31.2 Å². The van der Waals surface area contributed by atoms with Crippen molar-refractivity contribution in [1.29, 1.82) is 0 Å². The van der Waals surface area contributed by atoms with Gasteiger partial charge in [0.25, 0.3) is 0 Å². The number of nitrogens with one attached hydrogen (secondary N) is 1. The summed E-state index contributed by atoms with van der Waals surface area (Å²) in [4.78, 5) is 2.41. The van der Waals surface area contributed by atoms with E-state index in [1.165, 1.54) is 25.1 Å². The number of piperidine rings is 1. The normalized spacial score (nSPS) is 27.4. The van der Waals surface area contributed by atoms with Gasteiger partial charge in [0.15, 0.2) is 11.5 Å². The van der Waals surface area contributed by atoms with Crippen LogP contribution in [0, 0.1) is 5.92 Å². The maximum atomic E-state index is 5.68. The standard InChI is InChI=1S/C17H26N2O2/c1-12-11-19(3)7-6-15(12)18-13(2)14-4-5-16-17(10-14)21-9-8-20-16/h4-5,10,12-13,15,18H,6-9,11H2,1-3H3. The fourth-order valence-corrected chi connectivity index (χ4v) is 3.35. The minimum Gasteiger partial charge on any atom is -0.486 e. The first-order valence-electron chi connectivity index (χ1n) is 7.97. The molecule has 1 N–H and O–H groups in total. The smallest absolute Gasteiger partial charge is 0.161 e. The molecule has 21 heavy (non-hydrogen) atoms. The largest absolute Gasteiger partial charge is 0.486 e. The van der Waals surface area contributed by atoms with Crippen LogP contribution >= 0.6 is 0 Å². The van der Waals surface area contributed by atoms with E-state index in [1.807, 2.05) is 6.07 Å². The van der Waals surface area contributed by atoms with Crippen molar-refractivity contribution < 1.29 is 9.47 Å². The first-order chi connectivity index (χ1) is 10.1. The summed E-state index contributed by atoms with van der Waals surface area (Å²) in [6.07, 6.45) is 1.21. The molecule has 1 aromatic carbocycles. The number of hydrogen-bond acceptors (Lipinski definition) is 4. The lowest BCUT2D eigenvalue weighted by molar-refractivity contribution is 0.166. The maximum absolute atomic E-state index is 5.68. The molecule has 2 aliphatic heterocycles. The van der Waals surface area contributed by atoms with Crippen LogP contribution in [0.25, 0.3) is 0 Å². The molecule has 3 rings (SSSR count). The predicted octanol–water partition coefficient (Wildman–Crippen LogP) is 2.45. The molecule has 0 aromatic heterocycles. The topological polar surface area (TPSA) is 33.7 Å². The summed E-state index contributed by atoms with van der Waals surface area (Å²) in [6.45, 7) is 8.21. The van der Waals surface area contributed by atoms with Crippen LogP contribution in [0.1, 0.15) is 31.9 Å². The third-order valence-corrected chi connectivity index (χ3v) is 4.64. The Kier molecular flexibility index (Phi) is 4.36. The Balaban J connectivity index is 1.66. The summed E-state index contributed by atoms with van der Waals surface area (Å²) in [6, 6.07) is 7.21. The SMILES string of the molecule is CC(NC1CCN(C)CC1C)c1ccc2c(c1)OCCO2. The molecular formula is C17H26N2O2. The van der Waals surface area contributed by atoms with Gasteiger partial charge in [0.2, 0.25) is 0 Å². The fraction of sp³-hybridized carbons (Fsp3) is 0.647. The minimum absolute atomic E-state index is 0.330. The van der Waals surface area contributed by atoms with Crippen LogP contribution in [0.3, 0.4) is 0 Å². The molecule has 0 amide bonds. The second-order valence-corrected chi connectivity index (χ2v) is 6.43. The molecule has 1 aromatic rings. The van der Waals surface area contributed by atoms with E-state index >= 15 is 0 Å². The summed E-state index contributed by atoms with van der Waals surface area (Å²) >= 11 is 0. The number of ether oxygens (including phenoxy) is 2. The molecule has 0 aliphatic carbocycles. The average molecular weight is 290 g/mol. The van der Waals surface area contributed by atoms with E-state index in [4.69, 9.17) is 9.47 Å². The van der Waals surface area contributed by atoms with E-state index in [-0.39, 0.29) is 0 Å². The van der Waals surface area contributed by atoms with E-state index < -0.39 is 0 Å². The quantitative estimate of drug-likeness (QED) is 0.927. The molecule has 116 valence electrons. The van der Waals surface area contributed by atoms with Crippen molar-refractivity contribution in [3.8, 4) is 11.5 Å². The molecule has 0 bridgehead atoms. The van der Waals surface area contributed by atoms with Crippen molar-refractivity contribution in [2.24, 2.45) is 5.92 Å². The number of nitrogens with zero attached hydrogens (tertiary/aromatic N) is 1. The zero-order chi connectivity index (χ0) is 14.8. The summed E-state index contributed by atoms with van der Waals surface area (Å²) in [5.74, 6) is 2.43. The Bertz CT molecular complexity index is 492. The van der Waals surface area contributed by atoms with Crippen LogP contribution in [0.15, 0.2) is 18.2 Å². The highest BCUT2D eigenvalue weighted by Crippen LogP contribution is 2.33. The van der Waals surface area contributed by atoms with Crippen LogP contribution in [0.2, 0.25) is 0 Å². The molecule has 3 unspecified atom stereocenters. The molecule has 2 aliphatic rings. The first-order valence-corrected chi connectivity index (χ1v) is 7.97. The molecule has 4 nitrogen and oxygen atoms in total. The van der Waals surface area contributed by atoms with Gasteiger partial charge in [-0.25, -0.2) is 0 Å². The van der Waals surface area contributed by atoms with Crippen molar-refractivity contribution in [2.45, 2.75) is 32.4 Å². The van der Waals surface area contributed by atoms with Gasteiger partial charge < -0.3 is 19.7 Å². The zero-order valence-corrected chi connectivity index (χ0v) is 13.3. The van der Waals surface area contributed by atoms with Crippen molar-refractivity contribution in [3.63, 3.8) is 0 Å². The Morgan fingerprint density at radius 3 is 2.76 bits per heavy atom. The van der Waals surface area contributed by atoms with Gasteiger partial charge >= 0.3 is 0 Å². The van der Waals surface area contributed by atoms with Crippen LogP contribution in [-0.2, 0) is 0 Å². The molecule has 3 atom stereocenters. The Morgan fingerprint density at radius 1 is 1.24 bits per heavy atom. The van der Waals surface area contributed by atoms with E-state index in [0.717, 1.165) is 11.5 Å². The van der Waals surface area contributed by atoms with Gasteiger partial charge in [0, 0.05) is 18.6 Å². The van der Waals surface area contributed by atoms with Gasteiger partial charge in [-0.1, -0.05) is 13.0 Å². The second-order valence-electron chi connectivity index (χ2n) is 6.43. The maximum Gasteiger partial charge on any atom is 0.161 e. The van der Waals surface area contributed by atoms with Crippen LogP contribution in [-0.4, -0.2) is 44.3 Å². The van der Waals surface area contributed by atoms with Gasteiger partial charge in [-0.2, -0.15) is 0 Å². The van der Waals surface area contributed by atoms with Crippen LogP contribution < -0.4 is 14.8 Å². The lowest BCUT2D eigenvalue weighted by atomic mass is 9.92. The third kappa shape index (κ3) is 3.33. The Labute approximate surface area is 127 Å². The van der Waals surface area contributed by atoms with Crippen LogP contribution in [0.4, 0.5) is 0 Å². The number of fused-ring (bicyclic) bond motifs is 1. The summed E-state index contributed by atoms with van der Waals surface area (Å²) in [5.41, 5.74) is 1.27. The highest BCUT2D eigenvalue weighted by atomic mass is 16.6. The van der Waals surface area contributed by atoms with Crippen molar-refractivity contribution in [3.05, 3.63) is 23.8 Å². The Morgan fingerprint density at radius 2 is 2.00 bits per heavy atom. The summed E-state index contributed by atoms with van der Waals surface area (Å²) in [5, 5.41) is 3.79. The monoisotopic (exact) mass is 290 g/mol. The lowest BCUT2D eigenvalue weighted by Gasteiger charge is -2.37. The molecule has 1 saturated heterocycles. The molecule has 0 spiro atoms. The van der Waals surface area contributed by atoms with Gasteiger partial charge in [0.05, 0.1) is 0 Å². The fourth-order valence-electron chi connectivity index (χ4n) is 3.35. The second kappa shape index (κ2) is 6.24. The van der Waals surface area contributed by atoms with Gasteiger partial charge in [-0.05, 0) is 50.6 Å². The van der Waals surface area contributed by atoms with Crippen molar-refractivity contribution >= 4 is 0 Å². The van der Waals surface area contributed by atoms with Gasteiger partial charge in [-0.15, -0.1) is 0 Å². The number of likely N-dealkylation sites (tertiary alicyclic amines) is 1. The van der Waals surface area contributed by atoms with E-state index in [2.05, 4.69) is 43.2 Å². The lowest BCUT2D eigenvalue weighted by Crippen LogP contribution is -2.47. The Hall–Kier alpha value is -1.26. The molecule has 0 radical (unpaired) electrons. The highest BCUT2D eigenvalue weighted by Gasteiger charge is 2.25. The zero-order valence-electron chi connectivity index (χ0n) is 13.3. The first kappa shape index (κ1) is 14.7. The average Bonchev–Trinajstić information content (AvgIpc) is 2.49. The van der Waals surface area contributed by atoms with E-state index in [9.17, 15) is 0 Å². The third-order valence-electron chi connectivity index (χ3n) is 4.64. The van der Waals surface area contributed by atoms with Gasteiger partial charge in [0.1, 0.15) is 13.2 Å². The molecule has 4 heteroatoms. The molecular weight excluding hydrogens is 264 g/mol. The number of rotatable bonds is 3. The summed E-state index contributed by atoms with van der Waals surface area (Å²) < 4.78 is 11.3.